The van der Waals surface area contributed by atoms with Crippen molar-refractivity contribution >= 4 is 0 Å². The van der Waals surface area contributed by atoms with E-state index in [2.05, 4.69) is 6.07 Å². The van der Waals surface area contributed by atoms with E-state index in [4.69, 9.17) is 15.7 Å². The van der Waals surface area contributed by atoms with E-state index in [1.807, 2.05) is 0 Å². The van der Waals surface area contributed by atoms with E-state index < -0.39 is 0 Å². The van der Waals surface area contributed by atoms with E-state index in [9.17, 15) is 0 Å². The molecular weight excluding hydrogens is 164 g/mol. The average molecular weight is 182 g/mol. The van der Waals surface area contributed by atoms with Crippen LogP contribution in [0.2, 0.25) is 0 Å². The molecule has 1 aliphatic rings. The highest BCUT2D eigenvalue weighted by molar-refractivity contribution is 4.82. The van der Waals surface area contributed by atoms with Crippen LogP contribution in [0.1, 0.15) is 38.5 Å². The van der Waals surface area contributed by atoms with Crippen LogP contribution in [0.25, 0.3) is 0 Å². The highest BCUT2D eigenvalue weighted by atomic mass is 16.5. The molecule has 74 valence electrons. The third kappa shape index (κ3) is 3.75. The summed E-state index contributed by atoms with van der Waals surface area (Å²) in [7, 11) is 0. The van der Waals surface area contributed by atoms with Crippen molar-refractivity contribution in [1.82, 2.24) is 0 Å². The quantitative estimate of drug-likeness (QED) is 0.657. The minimum atomic E-state index is 0.202. The van der Waals surface area contributed by atoms with Crippen molar-refractivity contribution in [2.75, 3.05) is 6.54 Å². The molecule has 1 rings (SSSR count). The Balaban J connectivity index is 2.07. The minimum absolute atomic E-state index is 0.202. The maximum atomic E-state index is 8.48. The lowest BCUT2D eigenvalue weighted by atomic mass is 10.1. The number of nitriles is 1. The zero-order valence-corrected chi connectivity index (χ0v) is 8.04. The van der Waals surface area contributed by atoms with Crippen LogP contribution >= 0.6 is 0 Å². The Morgan fingerprint density at radius 3 is 2.77 bits per heavy atom. The van der Waals surface area contributed by atoms with Crippen LogP contribution in [0.5, 0.6) is 0 Å². The van der Waals surface area contributed by atoms with Gasteiger partial charge in [0, 0.05) is 0 Å². The summed E-state index contributed by atoms with van der Waals surface area (Å²) in [5.41, 5.74) is 5.40. The molecule has 2 N–H and O–H groups in total. The second-order valence-electron chi connectivity index (χ2n) is 3.60. The number of unbranched alkanes of at least 4 members (excludes halogenated alkanes) is 1. The van der Waals surface area contributed by atoms with Crippen molar-refractivity contribution in [3.05, 3.63) is 0 Å². The molecule has 0 aromatic rings. The normalized spacial score (nSPS) is 27.4. The molecule has 1 aliphatic heterocycles. The average Bonchev–Trinajstić information content (AvgIpc) is 2.54. The van der Waals surface area contributed by atoms with Gasteiger partial charge in [-0.2, -0.15) is 5.26 Å². The van der Waals surface area contributed by atoms with Crippen LogP contribution in [-0.2, 0) is 4.74 Å². The molecule has 1 saturated heterocycles. The molecule has 0 radical (unpaired) electrons. The van der Waals surface area contributed by atoms with Gasteiger partial charge in [-0.1, -0.05) is 0 Å². The van der Waals surface area contributed by atoms with Crippen molar-refractivity contribution in [3.8, 4) is 6.07 Å². The predicted molar refractivity (Wildman–Crippen MR) is 51.0 cm³/mol. The summed E-state index contributed by atoms with van der Waals surface area (Å²) in [6.07, 6.45) is 6.67. The van der Waals surface area contributed by atoms with Crippen LogP contribution in [0, 0.1) is 11.3 Å². The van der Waals surface area contributed by atoms with Gasteiger partial charge < -0.3 is 10.5 Å². The van der Waals surface area contributed by atoms with Crippen molar-refractivity contribution in [2.24, 2.45) is 5.73 Å². The Hall–Kier alpha value is -0.590. The molecular formula is C10H18N2O. The van der Waals surface area contributed by atoms with E-state index in [1.165, 1.54) is 0 Å². The molecule has 0 aromatic heterocycles. The summed E-state index contributed by atoms with van der Waals surface area (Å²) in [6, 6.07) is 2.15. The topological polar surface area (TPSA) is 59.0 Å². The van der Waals surface area contributed by atoms with E-state index in [-0.39, 0.29) is 6.10 Å². The lowest BCUT2D eigenvalue weighted by Gasteiger charge is -2.10. The number of ether oxygens (including phenoxy) is 1. The second-order valence-corrected chi connectivity index (χ2v) is 3.60. The van der Waals surface area contributed by atoms with Gasteiger partial charge in [-0.05, 0) is 38.6 Å². The van der Waals surface area contributed by atoms with Crippen LogP contribution in [0.15, 0.2) is 0 Å². The zero-order valence-electron chi connectivity index (χ0n) is 8.04. The fourth-order valence-corrected chi connectivity index (χ4v) is 1.76. The van der Waals surface area contributed by atoms with Gasteiger partial charge in [0.1, 0.15) is 0 Å². The molecule has 1 heterocycles. The summed E-state index contributed by atoms with van der Waals surface area (Å²) < 4.78 is 5.69. The molecule has 3 nitrogen and oxygen atoms in total. The molecule has 0 bridgehead atoms. The number of hydrogen-bond donors (Lipinski definition) is 1. The zero-order chi connectivity index (χ0) is 9.52. The highest BCUT2D eigenvalue weighted by Crippen LogP contribution is 2.24. The molecule has 0 aromatic carbocycles. The number of hydrogen-bond acceptors (Lipinski definition) is 3. The SMILES string of the molecule is N#CCC1CCC(CCCCN)O1. The second kappa shape index (κ2) is 5.95. The monoisotopic (exact) mass is 182 g/mol. The molecule has 13 heavy (non-hydrogen) atoms. The molecule has 0 saturated carbocycles. The third-order valence-corrected chi connectivity index (χ3v) is 2.49. The first-order valence-corrected chi connectivity index (χ1v) is 5.09. The van der Waals surface area contributed by atoms with Gasteiger partial charge in [0.15, 0.2) is 0 Å². The van der Waals surface area contributed by atoms with E-state index in [1.54, 1.807) is 0 Å². The molecule has 3 heteroatoms. The first-order chi connectivity index (χ1) is 6.36. The van der Waals surface area contributed by atoms with Gasteiger partial charge >= 0.3 is 0 Å². The fourth-order valence-electron chi connectivity index (χ4n) is 1.76. The van der Waals surface area contributed by atoms with Crippen molar-refractivity contribution < 1.29 is 4.74 Å². The number of nitrogens with two attached hydrogens (primary N) is 1. The lowest BCUT2D eigenvalue weighted by molar-refractivity contribution is 0.0421. The predicted octanol–water partition coefficient (Wildman–Crippen LogP) is 1.58. The van der Waals surface area contributed by atoms with Crippen molar-refractivity contribution in [3.63, 3.8) is 0 Å². The van der Waals surface area contributed by atoms with Gasteiger partial charge in [0.25, 0.3) is 0 Å². The maximum absolute atomic E-state index is 8.48. The van der Waals surface area contributed by atoms with Gasteiger partial charge in [0.05, 0.1) is 24.7 Å². The van der Waals surface area contributed by atoms with E-state index >= 15 is 0 Å². The first-order valence-electron chi connectivity index (χ1n) is 5.09. The third-order valence-electron chi connectivity index (χ3n) is 2.49. The molecule has 0 spiro atoms. The minimum Gasteiger partial charge on any atom is -0.374 e. The summed E-state index contributed by atoms with van der Waals surface area (Å²) in [4.78, 5) is 0. The van der Waals surface area contributed by atoms with Gasteiger partial charge in [-0.25, -0.2) is 0 Å². The Morgan fingerprint density at radius 1 is 1.31 bits per heavy atom. The smallest absolute Gasteiger partial charge is 0.0709 e. The molecule has 1 fully saturated rings. The molecule has 2 atom stereocenters. The van der Waals surface area contributed by atoms with Crippen LogP contribution < -0.4 is 5.73 Å². The molecule has 0 amide bonds. The van der Waals surface area contributed by atoms with Crippen LogP contribution in [0.3, 0.4) is 0 Å². The van der Waals surface area contributed by atoms with Crippen molar-refractivity contribution in [2.45, 2.75) is 50.7 Å². The first kappa shape index (κ1) is 10.5. The van der Waals surface area contributed by atoms with Crippen LogP contribution in [-0.4, -0.2) is 18.8 Å². The van der Waals surface area contributed by atoms with E-state index in [0.717, 1.165) is 38.6 Å². The molecule has 2 unspecified atom stereocenters. The Bertz CT molecular complexity index is 176. The lowest BCUT2D eigenvalue weighted by Crippen LogP contribution is -2.10. The van der Waals surface area contributed by atoms with Crippen LogP contribution in [0.4, 0.5) is 0 Å². The van der Waals surface area contributed by atoms with Gasteiger partial charge in [-0.3, -0.25) is 0 Å². The highest BCUT2D eigenvalue weighted by Gasteiger charge is 2.24. The largest absolute Gasteiger partial charge is 0.374 e. The number of rotatable bonds is 5. The van der Waals surface area contributed by atoms with Gasteiger partial charge in [-0.15, -0.1) is 0 Å². The Labute approximate surface area is 79.9 Å². The standard InChI is InChI=1S/C10H18N2O/c11-7-2-1-3-9-4-5-10(13-9)6-8-12/h9-10H,1-7,11H2. The summed E-state index contributed by atoms with van der Waals surface area (Å²) in [6.45, 7) is 0.772. The van der Waals surface area contributed by atoms with E-state index in [0.29, 0.717) is 12.5 Å². The Kier molecular flexibility index (Phi) is 4.81. The Morgan fingerprint density at radius 2 is 2.08 bits per heavy atom. The summed E-state index contributed by atoms with van der Waals surface area (Å²) in [5, 5.41) is 8.48. The maximum Gasteiger partial charge on any atom is 0.0709 e. The summed E-state index contributed by atoms with van der Waals surface area (Å²) in [5.74, 6) is 0. The fraction of sp³-hybridized carbons (Fsp3) is 0.900. The van der Waals surface area contributed by atoms with Gasteiger partial charge in [0.2, 0.25) is 0 Å². The summed E-state index contributed by atoms with van der Waals surface area (Å²) >= 11 is 0. The number of nitrogens with zero attached hydrogens (tertiary/aromatic N) is 1. The molecule has 0 aliphatic carbocycles. The van der Waals surface area contributed by atoms with Crippen molar-refractivity contribution in [1.29, 1.82) is 5.26 Å².